The van der Waals surface area contributed by atoms with Gasteiger partial charge in [-0.2, -0.15) is 0 Å². The van der Waals surface area contributed by atoms with E-state index in [1.807, 2.05) is 0 Å². The summed E-state index contributed by atoms with van der Waals surface area (Å²) in [6, 6.07) is -0.419. The molecule has 1 aliphatic heterocycles. The summed E-state index contributed by atoms with van der Waals surface area (Å²) < 4.78 is 5.71. The Balaban J connectivity index is 1.94. The summed E-state index contributed by atoms with van der Waals surface area (Å²) in [7, 11) is 0. The third-order valence-corrected chi connectivity index (χ3v) is 4.51. The molecule has 0 aromatic heterocycles. The Kier molecular flexibility index (Phi) is 4.48. The van der Waals surface area contributed by atoms with Crippen molar-refractivity contribution in [3.63, 3.8) is 0 Å². The van der Waals surface area contributed by atoms with E-state index in [1.54, 1.807) is 0 Å². The van der Waals surface area contributed by atoms with Crippen LogP contribution in [0.3, 0.4) is 0 Å². The van der Waals surface area contributed by atoms with Crippen molar-refractivity contribution in [1.29, 1.82) is 0 Å². The van der Waals surface area contributed by atoms with Gasteiger partial charge in [0, 0.05) is 6.42 Å². The fraction of sp³-hybridized carbons (Fsp3) is 0.867. The summed E-state index contributed by atoms with van der Waals surface area (Å²) in [5.74, 6) is 1.32. The maximum absolute atomic E-state index is 12.1. The molecular formula is C15H25NO3. The van der Waals surface area contributed by atoms with Gasteiger partial charge in [0.25, 0.3) is 0 Å². The van der Waals surface area contributed by atoms with Crippen LogP contribution in [0.1, 0.15) is 52.9 Å². The van der Waals surface area contributed by atoms with E-state index in [4.69, 9.17) is 4.74 Å². The molecule has 4 heteroatoms. The van der Waals surface area contributed by atoms with E-state index < -0.39 is 6.04 Å². The number of carbonyl (C=O) groups is 2. The maximum atomic E-state index is 12.1. The van der Waals surface area contributed by atoms with Gasteiger partial charge in [-0.25, -0.2) is 4.79 Å². The van der Waals surface area contributed by atoms with Crippen molar-refractivity contribution in [3.05, 3.63) is 0 Å². The number of hydrogen-bond acceptors (Lipinski definition) is 3. The summed E-state index contributed by atoms with van der Waals surface area (Å²) in [6.07, 6.45) is 4.34. The lowest BCUT2D eigenvalue weighted by Crippen LogP contribution is -2.41. The van der Waals surface area contributed by atoms with E-state index in [0.29, 0.717) is 30.6 Å². The van der Waals surface area contributed by atoms with Crippen molar-refractivity contribution in [3.8, 4) is 0 Å². The summed E-state index contributed by atoms with van der Waals surface area (Å²) in [6.45, 7) is 6.60. The van der Waals surface area contributed by atoms with E-state index in [9.17, 15) is 9.59 Å². The Morgan fingerprint density at radius 1 is 1.32 bits per heavy atom. The third-order valence-electron chi connectivity index (χ3n) is 4.51. The molecule has 2 aliphatic rings. The minimum atomic E-state index is -0.419. The number of rotatable bonds is 3. The molecule has 0 bridgehead atoms. The first-order valence-corrected chi connectivity index (χ1v) is 7.47. The molecule has 0 spiro atoms. The zero-order valence-corrected chi connectivity index (χ0v) is 12.1. The molecule has 108 valence electrons. The van der Waals surface area contributed by atoms with Crippen molar-refractivity contribution in [2.24, 2.45) is 17.8 Å². The average molecular weight is 267 g/mol. The van der Waals surface area contributed by atoms with Crippen LogP contribution < -0.4 is 5.32 Å². The van der Waals surface area contributed by atoms with Crippen LogP contribution in [0, 0.1) is 17.8 Å². The fourth-order valence-electron chi connectivity index (χ4n) is 3.27. The minimum absolute atomic E-state index is 0.0220. The summed E-state index contributed by atoms with van der Waals surface area (Å²) in [5, 5.41) is 2.69. The predicted octanol–water partition coefficient (Wildman–Crippen LogP) is 2.27. The van der Waals surface area contributed by atoms with E-state index in [2.05, 4.69) is 26.1 Å². The molecule has 0 aromatic carbocycles. The normalized spacial score (nSPS) is 35.3. The van der Waals surface area contributed by atoms with Crippen LogP contribution in [0.5, 0.6) is 0 Å². The van der Waals surface area contributed by atoms with Crippen molar-refractivity contribution in [2.45, 2.75) is 65.0 Å². The topological polar surface area (TPSA) is 55.4 Å². The Hall–Kier alpha value is -1.06. The van der Waals surface area contributed by atoms with Gasteiger partial charge in [0.2, 0.25) is 5.91 Å². The molecular weight excluding hydrogens is 242 g/mol. The van der Waals surface area contributed by atoms with E-state index in [1.165, 1.54) is 6.42 Å². The zero-order chi connectivity index (χ0) is 14.0. The number of nitrogens with one attached hydrogen (secondary N) is 1. The smallest absolute Gasteiger partial charge is 0.328 e. The second kappa shape index (κ2) is 5.93. The van der Waals surface area contributed by atoms with Gasteiger partial charge in [-0.05, 0) is 37.0 Å². The summed E-state index contributed by atoms with van der Waals surface area (Å²) >= 11 is 0. The highest BCUT2D eigenvalue weighted by Gasteiger charge is 2.36. The quantitative estimate of drug-likeness (QED) is 0.798. The molecule has 2 unspecified atom stereocenters. The Morgan fingerprint density at radius 2 is 2.05 bits per heavy atom. The molecule has 2 fully saturated rings. The highest BCUT2D eigenvalue weighted by Crippen LogP contribution is 2.35. The Bertz CT molecular complexity index is 353. The maximum Gasteiger partial charge on any atom is 0.328 e. The lowest BCUT2D eigenvalue weighted by atomic mass is 9.75. The van der Waals surface area contributed by atoms with Crippen LogP contribution in [0.25, 0.3) is 0 Å². The van der Waals surface area contributed by atoms with Crippen LogP contribution >= 0.6 is 0 Å². The van der Waals surface area contributed by atoms with Gasteiger partial charge in [-0.1, -0.05) is 27.2 Å². The molecule has 1 saturated carbocycles. The molecule has 1 N–H and O–H groups in total. The molecule has 1 amide bonds. The van der Waals surface area contributed by atoms with Crippen LogP contribution in [0.4, 0.5) is 0 Å². The molecule has 1 heterocycles. The average Bonchev–Trinajstić information content (AvgIpc) is 2.75. The second-order valence-corrected chi connectivity index (χ2v) is 6.46. The lowest BCUT2D eigenvalue weighted by molar-refractivity contribution is -0.158. The first-order chi connectivity index (χ1) is 8.97. The summed E-state index contributed by atoms with van der Waals surface area (Å²) in [4.78, 5) is 23.3. The fourth-order valence-corrected chi connectivity index (χ4v) is 3.27. The van der Waals surface area contributed by atoms with Gasteiger partial charge in [0.15, 0.2) is 0 Å². The molecule has 0 radical (unpaired) electrons. The SMILES string of the molecule is CC1CCC(C(C)C)[C@H](OC(=O)[C@@H]2CCC(=O)N2)C1. The van der Waals surface area contributed by atoms with Gasteiger partial charge in [-0.15, -0.1) is 0 Å². The lowest BCUT2D eigenvalue weighted by Gasteiger charge is -2.37. The van der Waals surface area contributed by atoms with E-state index in [-0.39, 0.29) is 18.0 Å². The van der Waals surface area contributed by atoms with Crippen molar-refractivity contribution in [2.75, 3.05) is 0 Å². The molecule has 19 heavy (non-hydrogen) atoms. The highest BCUT2D eigenvalue weighted by molar-refractivity contribution is 5.88. The number of hydrogen-bond donors (Lipinski definition) is 1. The molecule has 2 rings (SSSR count). The molecule has 1 saturated heterocycles. The molecule has 1 aliphatic carbocycles. The monoisotopic (exact) mass is 267 g/mol. The van der Waals surface area contributed by atoms with Crippen molar-refractivity contribution < 1.29 is 14.3 Å². The third kappa shape index (κ3) is 3.48. The van der Waals surface area contributed by atoms with Crippen molar-refractivity contribution in [1.82, 2.24) is 5.32 Å². The number of carbonyl (C=O) groups excluding carboxylic acids is 2. The predicted molar refractivity (Wildman–Crippen MR) is 72.4 cm³/mol. The van der Waals surface area contributed by atoms with Gasteiger partial charge < -0.3 is 10.1 Å². The van der Waals surface area contributed by atoms with E-state index in [0.717, 1.165) is 12.8 Å². The Morgan fingerprint density at radius 3 is 2.63 bits per heavy atom. The molecule has 0 aromatic rings. The summed E-state index contributed by atoms with van der Waals surface area (Å²) in [5.41, 5.74) is 0. The van der Waals surface area contributed by atoms with Gasteiger partial charge in [0.05, 0.1) is 0 Å². The van der Waals surface area contributed by atoms with Gasteiger partial charge in [0.1, 0.15) is 12.1 Å². The number of amides is 1. The number of esters is 1. The highest BCUT2D eigenvalue weighted by atomic mass is 16.5. The van der Waals surface area contributed by atoms with Gasteiger partial charge in [-0.3, -0.25) is 4.79 Å². The minimum Gasteiger partial charge on any atom is -0.461 e. The first kappa shape index (κ1) is 14.4. The largest absolute Gasteiger partial charge is 0.461 e. The van der Waals surface area contributed by atoms with Crippen LogP contribution in [-0.2, 0) is 14.3 Å². The van der Waals surface area contributed by atoms with Crippen LogP contribution in [0.15, 0.2) is 0 Å². The Labute approximate surface area is 115 Å². The first-order valence-electron chi connectivity index (χ1n) is 7.47. The molecule has 4 atom stereocenters. The van der Waals surface area contributed by atoms with Gasteiger partial charge >= 0.3 is 5.97 Å². The van der Waals surface area contributed by atoms with E-state index >= 15 is 0 Å². The van der Waals surface area contributed by atoms with Crippen LogP contribution in [0.2, 0.25) is 0 Å². The second-order valence-electron chi connectivity index (χ2n) is 6.46. The number of ether oxygens (including phenoxy) is 1. The van der Waals surface area contributed by atoms with Crippen molar-refractivity contribution >= 4 is 11.9 Å². The van der Waals surface area contributed by atoms with Crippen LogP contribution in [-0.4, -0.2) is 24.0 Å². The molecule has 4 nitrogen and oxygen atoms in total. The standard InChI is InChI=1S/C15H25NO3/c1-9(2)11-5-4-10(3)8-13(11)19-15(18)12-6-7-14(17)16-12/h9-13H,4-8H2,1-3H3,(H,16,17)/t10?,11?,12-,13+/m0/s1. The zero-order valence-electron chi connectivity index (χ0n) is 12.1.